The first-order chi connectivity index (χ1) is 16.1. The van der Waals surface area contributed by atoms with E-state index in [1.54, 1.807) is 0 Å². The molecule has 1 aromatic carbocycles. The van der Waals surface area contributed by atoms with Crippen LogP contribution in [0.2, 0.25) is 0 Å². The molecule has 2 aliphatic heterocycles. The first kappa shape index (κ1) is 26.6. The summed E-state index contributed by atoms with van der Waals surface area (Å²) < 4.78 is 18.1. The zero-order valence-electron chi connectivity index (χ0n) is 21.7. The Labute approximate surface area is 205 Å². The van der Waals surface area contributed by atoms with Gasteiger partial charge in [-0.2, -0.15) is 0 Å². The van der Waals surface area contributed by atoms with Crippen molar-refractivity contribution in [2.45, 2.75) is 97.0 Å². The summed E-state index contributed by atoms with van der Waals surface area (Å²) in [6.07, 6.45) is 6.13. The fourth-order valence-electron chi connectivity index (χ4n) is 4.95. The van der Waals surface area contributed by atoms with Crippen molar-refractivity contribution in [2.24, 2.45) is 5.92 Å². The summed E-state index contributed by atoms with van der Waals surface area (Å²) in [4.78, 5) is 14.4. The van der Waals surface area contributed by atoms with Gasteiger partial charge in [-0.15, -0.1) is 0 Å². The van der Waals surface area contributed by atoms with E-state index in [0.717, 1.165) is 37.7 Å². The van der Waals surface area contributed by atoms with Crippen LogP contribution in [0.25, 0.3) is 0 Å². The van der Waals surface area contributed by atoms with E-state index >= 15 is 0 Å². The van der Waals surface area contributed by atoms with Gasteiger partial charge in [0.05, 0.1) is 19.3 Å². The second-order valence-electron chi connectivity index (χ2n) is 10.4. The van der Waals surface area contributed by atoms with Crippen molar-refractivity contribution in [3.63, 3.8) is 0 Å². The van der Waals surface area contributed by atoms with Crippen LogP contribution in [0, 0.1) is 17.8 Å². The molecule has 1 aromatic rings. The van der Waals surface area contributed by atoms with Crippen LogP contribution in [-0.2, 0) is 25.6 Å². The molecule has 186 valence electrons. The highest BCUT2D eigenvalue weighted by molar-refractivity contribution is 5.63. The van der Waals surface area contributed by atoms with Crippen LogP contribution in [0.4, 0.5) is 0 Å². The number of carbonyl (C=O) groups is 1. The molecule has 0 aliphatic carbocycles. The molecule has 34 heavy (non-hydrogen) atoms. The Morgan fingerprint density at radius 1 is 1.32 bits per heavy atom. The molecule has 0 amide bonds. The smallest absolute Gasteiger partial charge is 0.164 e. The zero-order chi connectivity index (χ0) is 24.8. The lowest BCUT2D eigenvalue weighted by Gasteiger charge is -2.35. The highest BCUT2D eigenvalue weighted by Gasteiger charge is 2.41. The van der Waals surface area contributed by atoms with Gasteiger partial charge in [0.25, 0.3) is 0 Å². The van der Waals surface area contributed by atoms with E-state index in [0.29, 0.717) is 13.2 Å². The lowest BCUT2D eigenvalue weighted by Crippen LogP contribution is -2.50. The van der Waals surface area contributed by atoms with E-state index in [1.165, 1.54) is 5.57 Å². The first-order valence-corrected chi connectivity index (χ1v) is 12.5. The van der Waals surface area contributed by atoms with Gasteiger partial charge in [-0.3, -0.25) is 4.90 Å². The number of hydrogen-bond acceptors (Lipinski definition) is 5. The molecule has 2 fully saturated rings. The Balaban J connectivity index is 1.53. The summed E-state index contributed by atoms with van der Waals surface area (Å²) in [5.74, 6) is 6.47. The number of likely N-dealkylation sites (tertiary alicyclic amines) is 1. The van der Waals surface area contributed by atoms with E-state index in [4.69, 9.17) is 14.2 Å². The third-order valence-corrected chi connectivity index (χ3v) is 6.83. The molecular formula is C29H41NO4. The van der Waals surface area contributed by atoms with Crippen LogP contribution < -0.4 is 0 Å². The fourth-order valence-corrected chi connectivity index (χ4v) is 4.95. The molecule has 3 rings (SSSR count). The largest absolute Gasteiger partial charge is 0.361 e. The van der Waals surface area contributed by atoms with Gasteiger partial charge < -0.3 is 19.0 Å². The average Bonchev–Trinajstić information content (AvgIpc) is 3.40. The predicted octanol–water partition coefficient (Wildman–Crippen LogP) is 5.14. The van der Waals surface area contributed by atoms with Crippen LogP contribution in [-0.4, -0.2) is 53.9 Å². The summed E-state index contributed by atoms with van der Waals surface area (Å²) in [6.45, 7) is 14.2. The topological polar surface area (TPSA) is 48.0 Å². The molecule has 5 heteroatoms. The summed E-state index contributed by atoms with van der Waals surface area (Å²) in [5, 5.41) is 0. The lowest BCUT2D eigenvalue weighted by molar-refractivity contribution is -0.142. The highest BCUT2D eigenvalue weighted by atomic mass is 16.7. The molecular weight excluding hydrogens is 426 g/mol. The zero-order valence-corrected chi connectivity index (χ0v) is 21.7. The van der Waals surface area contributed by atoms with E-state index in [1.807, 2.05) is 51.1 Å². The van der Waals surface area contributed by atoms with Crippen LogP contribution in [0.5, 0.6) is 0 Å². The maximum atomic E-state index is 12.1. The van der Waals surface area contributed by atoms with Crippen molar-refractivity contribution in [3.05, 3.63) is 47.5 Å². The van der Waals surface area contributed by atoms with Crippen LogP contribution in [0.3, 0.4) is 0 Å². The molecule has 0 spiro atoms. The number of benzene rings is 1. The molecule has 5 atom stereocenters. The van der Waals surface area contributed by atoms with Crippen molar-refractivity contribution in [1.82, 2.24) is 4.90 Å². The lowest BCUT2D eigenvalue weighted by atomic mass is 9.95. The van der Waals surface area contributed by atoms with Gasteiger partial charge in [0, 0.05) is 12.0 Å². The SMILES string of the molecule is C/C(=C\C[C@@H](C)C#CCN1CCC[C@H]1[C@](C)(C=O)OCc1ccccc1)[C@H]1OC(C)(C)O[C@@H]1C. The molecule has 2 saturated heterocycles. The number of nitrogens with zero attached hydrogens (tertiary/aromatic N) is 1. The van der Waals surface area contributed by atoms with Gasteiger partial charge >= 0.3 is 0 Å². The highest BCUT2D eigenvalue weighted by Crippen LogP contribution is 2.32. The van der Waals surface area contributed by atoms with Crippen LogP contribution in [0.1, 0.15) is 66.4 Å². The van der Waals surface area contributed by atoms with Gasteiger partial charge in [-0.25, -0.2) is 0 Å². The third kappa shape index (κ3) is 7.02. The summed E-state index contributed by atoms with van der Waals surface area (Å²) in [5.41, 5.74) is 1.43. The van der Waals surface area contributed by atoms with Gasteiger partial charge in [-0.05, 0) is 71.6 Å². The fraction of sp³-hybridized carbons (Fsp3) is 0.621. The minimum atomic E-state index is -0.840. The Morgan fingerprint density at radius 3 is 2.71 bits per heavy atom. The Hall–Kier alpha value is -1.97. The molecule has 2 heterocycles. The van der Waals surface area contributed by atoms with Crippen LogP contribution >= 0.6 is 0 Å². The normalized spacial score (nSPS) is 27.6. The van der Waals surface area contributed by atoms with E-state index in [9.17, 15) is 4.79 Å². The number of aldehydes is 1. The van der Waals surface area contributed by atoms with E-state index in [2.05, 4.69) is 43.6 Å². The molecule has 0 N–H and O–H groups in total. The maximum Gasteiger partial charge on any atom is 0.164 e. The van der Waals surface area contributed by atoms with Gasteiger partial charge in [0.2, 0.25) is 0 Å². The second kappa shape index (κ2) is 11.6. The molecule has 0 saturated carbocycles. The molecule has 5 nitrogen and oxygen atoms in total. The van der Waals surface area contributed by atoms with Gasteiger partial charge in [0.15, 0.2) is 12.1 Å². The number of ether oxygens (including phenoxy) is 3. The predicted molar refractivity (Wildman–Crippen MR) is 135 cm³/mol. The molecule has 0 radical (unpaired) electrons. The Bertz CT molecular complexity index is 900. The third-order valence-electron chi connectivity index (χ3n) is 6.83. The van der Waals surface area contributed by atoms with Crippen molar-refractivity contribution in [1.29, 1.82) is 0 Å². The summed E-state index contributed by atoms with van der Waals surface area (Å²) in [7, 11) is 0. The summed E-state index contributed by atoms with van der Waals surface area (Å²) in [6, 6.07) is 10.0. The van der Waals surface area contributed by atoms with Gasteiger partial charge in [0.1, 0.15) is 11.7 Å². The molecule has 0 aromatic heterocycles. The average molecular weight is 468 g/mol. The number of hydrogen-bond donors (Lipinski definition) is 0. The van der Waals surface area contributed by atoms with Crippen molar-refractivity contribution < 1.29 is 19.0 Å². The number of rotatable bonds is 9. The number of carbonyl (C=O) groups excluding carboxylic acids is 1. The van der Waals surface area contributed by atoms with E-state index in [-0.39, 0.29) is 24.2 Å². The van der Waals surface area contributed by atoms with Crippen molar-refractivity contribution in [3.8, 4) is 11.8 Å². The Kier molecular flexibility index (Phi) is 9.12. The maximum absolute atomic E-state index is 12.1. The van der Waals surface area contributed by atoms with E-state index < -0.39 is 11.4 Å². The summed E-state index contributed by atoms with van der Waals surface area (Å²) >= 11 is 0. The van der Waals surface area contributed by atoms with Gasteiger partial charge in [-0.1, -0.05) is 55.2 Å². The Morgan fingerprint density at radius 2 is 2.06 bits per heavy atom. The quantitative estimate of drug-likeness (QED) is 0.286. The van der Waals surface area contributed by atoms with Crippen molar-refractivity contribution in [2.75, 3.05) is 13.1 Å². The van der Waals surface area contributed by atoms with Crippen LogP contribution in [0.15, 0.2) is 42.0 Å². The first-order valence-electron chi connectivity index (χ1n) is 12.5. The standard InChI is InChI=1S/C29H41NO4/c1-22(16-17-23(2)27-24(3)33-28(4,5)34-27)12-10-18-30-19-11-15-26(30)29(6,21-31)32-20-25-13-8-7-9-14-25/h7-9,13-14,17,21-22,24,26-27H,11,15-16,18-20H2,1-6H3/b23-17+/t22-,24+,26-,27+,29-/m0/s1. The molecule has 2 aliphatic rings. The molecule has 0 bridgehead atoms. The van der Waals surface area contributed by atoms with Crippen molar-refractivity contribution >= 4 is 6.29 Å². The monoisotopic (exact) mass is 467 g/mol. The second-order valence-corrected chi connectivity index (χ2v) is 10.4. The number of allylic oxidation sites excluding steroid dienone is 1. The minimum Gasteiger partial charge on any atom is -0.361 e. The molecule has 0 unspecified atom stereocenters. The minimum absolute atomic E-state index is 0.00239.